The molecule has 2 N–H and O–H groups in total. The van der Waals surface area contributed by atoms with Crippen molar-refractivity contribution < 1.29 is 32.6 Å². The average Bonchev–Trinajstić information content (AvgIpc) is 3.36. The normalized spacial score (nSPS) is 13.1. The van der Waals surface area contributed by atoms with Crippen LogP contribution in [-0.2, 0) is 17.8 Å². The number of rotatable bonds is 9. The summed E-state index contributed by atoms with van der Waals surface area (Å²) in [5.41, 5.74) is -1.79. The molecule has 0 bridgehead atoms. The Morgan fingerprint density at radius 1 is 1.25 bits per heavy atom. The Hall–Kier alpha value is -4.19. The Kier molecular flexibility index (Phi) is 7.34. The molecule has 12 heteroatoms. The van der Waals surface area contributed by atoms with Crippen LogP contribution in [0.3, 0.4) is 0 Å². The van der Waals surface area contributed by atoms with E-state index in [1.165, 1.54) is 21.9 Å². The smallest absolute Gasteiger partial charge is 0.277 e. The summed E-state index contributed by atoms with van der Waals surface area (Å²) in [6.45, 7) is 0.642. The largest absolute Gasteiger partial charge is 0.502 e. The molecule has 190 valence electrons. The molecule has 1 aromatic carbocycles. The Bertz CT molecular complexity index is 1320. The van der Waals surface area contributed by atoms with E-state index in [2.05, 4.69) is 5.32 Å². The molecule has 0 spiro atoms. The van der Waals surface area contributed by atoms with Crippen LogP contribution in [0.25, 0.3) is 0 Å². The molecule has 4 rings (SSSR count). The number of carbonyl (C=O) groups excluding carboxylic acids is 2. The van der Waals surface area contributed by atoms with Gasteiger partial charge in [0.15, 0.2) is 11.4 Å². The number of benzene rings is 1. The van der Waals surface area contributed by atoms with Gasteiger partial charge in [0.2, 0.25) is 5.43 Å². The lowest BCUT2D eigenvalue weighted by Crippen LogP contribution is -2.54. The van der Waals surface area contributed by atoms with Gasteiger partial charge in [-0.15, -0.1) is 0 Å². The Balaban J connectivity index is 1.66. The summed E-state index contributed by atoms with van der Waals surface area (Å²) in [5.74, 6) is -3.45. The zero-order chi connectivity index (χ0) is 25.8. The second-order valence-corrected chi connectivity index (χ2v) is 8.13. The SMILES string of the molecule is COCCCN1CN(Cc2ccco2)n2cc(C(=O)NCc3ccc(F)cc3F)c(=O)c(O)c2C1=O. The monoisotopic (exact) mass is 502 g/mol. The summed E-state index contributed by atoms with van der Waals surface area (Å²) in [4.78, 5) is 40.3. The number of nitrogens with one attached hydrogen (secondary N) is 1. The molecule has 0 saturated carbocycles. The number of methoxy groups -OCH3 is 1. The highest BCUT2D eigenvalue weighted by Gasteiger charge is 2.34. The third-order valence-corrected chi connectivity index (χ3v) is 5.69. The molecular formula is C24H24F2N4O6. The Labute approximate surface area is 204 Å². The maximum atomic E-state index is 13.9. The number of carbonyl (C=O) groups is 2. The first-order valence-electron chi connectivity index (χ1n) is 11.1. The van der Waals surface area contributed by atoms with Crippen LogP contribution in [0.15, 0.2) is 52.0 Å². The fourth-order valence-corrected chi connectivity index (χ4v) is 3.87. The molecule has 0 fully saturated rings. The Morgan fingerprint density at radius 2 is 2.06 bits per heavy atom. The molecule has 1 aliphatic rings. The molecule has 3 aromatic rings. The van der Waals surface area contributed by atoms with Gasteiger partial charge in [0.25, 0.3) is 11.8 Å². The first-order chi connectivity index (χ1) is 17.3. The number of nitrogens with zero attached hydrogens (tertiary/aromatic N) is 3. The van der Waals surface area contributed by atoms with Gasteiger partial charge in [0, 0.05) is 44.6 Å². The molecule has 1 aliphatic heterocycles. The van der Waals surface area contributed by atoms with Crippen molar-refractivity contribution in [3.05, 3.63) is 87.2 Å². The van der Waals surface area contributed by atoms with Crippen LogP contribution in [0.5, 0.6) is 5.75 Å². The summed E-state index contributed by atoms with van der Waals surface area (Å²) in [5, 5.41) is 14.7. The molecule has 3 heterocycles. The molecule has 0 aliphatic carbocycles. The number of ether oxygens (including phenoxy) is 1. The quantitative estimate of drug-likeness (QED) is 0.430. The number of hydrogen-bond acceptors (Lipinski definition) is 7. The van der Waals surface area contributed by atoms with Gasteiger partial charge in [-0.25, -0.2) is 8.78 Å². The van der Waals surface area contributed by atoms with E-state index in [4.69, 9.17) is 9.15 Å². The van der Waals surface area contributed by atoms with E-state index >= 15 is 0 Å². The average molecular weight is 502 g/mol. The van der Waals surface area contributed by atoms with Crippen molar-refractivity contribution >= 4 is 11.8 Å². The number of aromatic nitrogens is 1. The number of pyridine rings is 1. The maximum absolute atomic E-state index is 13.9. The van der Waals surface area contributed by atoms with E-state index in [1.54, 1.807) is 24.3 Å². The van der Waals surface area contributed by atoms with Gasteiger partial charge in [0.1, 0.15) is 29.6 Å². The van der Waals surface area contributed by atoms with Gasteiger partial charge in [-0.1, -0.05) is 6.07 Å². The molecule has 2 amide bonds. The zero-order valence-corrected chi connectivity index (χ0v) is 19.4. The van der Waals surface area contributed by atoms with Crippen LogP contribution in [0.4, 0.5) is 8.78 Å². The highest BCUT2D eigenvalue weighted by Crippen LogP contribution is 2.23. The summed E-state index contributed by atoms with van der Waals surface area (Å²) in [7, 11) is 1.54. The fraction of sp³-hybridized carbons (Fsp3) is 0.292. The van der Waals surface area contributed by atoms with Crippen LogP contribution < -0.4 is 15.8 Å². The lowest BCUT2D eigenvalue weighted by molar-refractivity contribution is 0.0661. The number of furan rings is 1. The molecule has 2 aromatic heterocycles. The van der Waals surface area contributed by atoms with E-state index in [-0.39, 0.29) is 31.0 Å². The maximum Gasteiger partial charge on any atom is 0.277 e. The van der Waals surface area contributed by atoms with E-state index in [1.807, 2.05) is 0 Å². The topological polar surface area (TPSA) is 117 Å². The molecule has 0 saturated heterocycles. The second-order valence-electron chi connectivity index (χ2n) is 8.13. The fourth-order valence-electron chi connectivity index (χ4n) is 3.87. The van der Waals surface area contributed by atoms with Gasteiger partial charge < -0.3 is 24.5 Å². The molecule has 0 unspecified atom stereocenters. The summed E-state index contributed by atoms with van der Waals surface area (Å²) >= 11 is 0. The predicted octanol–water partition coefficient (Wildman–Crippen LogP) is 1.94. The van der Waals surface area contributed by atoms with Crippen molar-refractivity contribution in [3.8, 4) is 5.75 Å². The third-order valence-electron chi connectivity index (χ3n) is 5.69. The van der Waals surface area contributed by atoms with Gasteiger partial charge in [0.05, 0.1) is 12.8 Å². The number of fused-ring (bicyclic) bond motifs is 1. The minimum absolute atomic E-state index is 0.00774. The van der Waals surface area contributed by atoms with Crippen LogP contribution in [0.1, 0.15) is 38.6 Å². The molecule has 0 atom stereocenters. The molecule has 0 radical (unpaired) electrons. The van der Waals surface area contributed by atoms with E-state index < -0.39 is 40.2 Å². The predicted molar refractivity (Wildman–Crippen MR) is 123 cm³/mol. The van der Waals surface area contributed by atoms with Gasteiger partial charge >= 0.3 is 0 Å². The number of halogens is 2. The third kappa shape index (κ3) is 5.08. The van der Waals surface area contributed by atoms with E-state index in [0.717, 1.165) is 12.3 Å². The molecular weight excluding hydrogens is 478 g/mol. The van der Waals surface area contributed by atoms with Crippen molar-refractivity contribution in [2.24, 2.45) is 0 Å². The minimum Gasteiger partial charge on any atom is -0.502 e. The van der Waals surface area contributed by atoms with Gasteiger partial charge in [-0.05, 0) is 24.6 Å². The first-order valence-corrected chi connectivity index (χ1v) is 11.1. The number of hydrogen-bond donors (Lipinski definition) is 2. The van der Waals surface area contributed by atoms with Crippen molar-refractivity contribution in [2.75, 3.05) is 31.9 Å². The van der Waals surface area contributed by atoms with Crippen LogP contribution in [-0.4, -0.2) is 53.4 Å². The van der Waals surface area contributed by atoms with Gasteiger partial charge in [-0.3, -0.25) is 24.1 Å². The van der Waals surface area contributed by atoms with Crippen LogP contribution in [0.2, 0.25) is 0 Å². The summed E-state index contributed by atoms with van der Waals surface area (Å²) < 4.78 is 38.8. The highest BCUT2D eigenvalue weighted by atomic mass is 19.1. The summed E-state index contributed by atoms with van der Waals surface area (Å²) in [6.07, 6.45) is 3.17. The van der Waals surface area contributed by atoms with Crippen LogP contribution in [0, 0.1) is 11.6 Å². The van der Waals surface area contributed by atoms with Crippen LogP contribution >= 0.6 is 0 Å². The van der Waals surface area contributed by atoms with Crippen molar-refractivity contribution in [1.29, 1.82) is 0 Å². The number of amides is 2. The Morgan fingerprint density at radius 3 is 2.75 bits per heavy atom. The van der Waals surface area contributed by atoms with Crippen molar-refractivity contribution in [2.45, 2.75) is 19.5 Å². The lowest BCUT2D eigenvalue weighted by Gasteiger charge is -2.39. The second kappa shape index (κ2) is 10.6. The lowest BCUT2D eigenvalue weighted by atomic mass is 10.1. The highest BCUT2D eigenvalue weighted by molar-refractivity contribution is 5.99. The van der Waals surface area contributed by atoms with E-state index in [9.17, 15) is 28.3 Å². The molecule has 36 heavy (non-hydrogen) atoms. The minimum atomic E-state index is -1.05. The van der Waals surface area contributed by atoms with Crippen molar-refractivity contribution in [3.63, 3.8) is 0 Å². The first kappa shape index (κ1) is 24.9. The zero-order valence-electron chi connectivity index (χ0n) is 19.4. The molecule has 10 nitrogen and oxygen atoms in total. The van der Waals surface area contributed by atoms with Gasteiger partial charge in [-0.2, -0.15) is 0 Å². The van der Waals surface area contributed by atoms with E-state index in [0.29, 0.717) is 31.4 Å². The number of aromatic hydroxyl groups is 1. The standard InChI is InChI=1S/C24H24F2N4O6/c1-35-8-3-7-28-14-29(12-17-4-2-9-36-17)30-13-18(21(31)22(32)20(30)24(28)34)23(33)27-11-15-5-6-16(25)10-19(15)26/h2,4-6,9-10,13,32H,3,7-8,11-12,14H2,1H3,(H,27,33). The van der Waals surface area contributed by atoms with Crippen molar-refractivity contribution in [1.82, 2.24) is 14.9 Å². The summed E-state index contributed by atoms with van der Waals surface area (Å²) in [6, 6.07) is 6.30.